The van der Waals surface area contributed by atoms with Crippen LogP contribution in [0, 0.1) is 0 Å². The van der Waals surface area contributed by atoms with Crippen molar-refractivity contribution in [1.82, 2.24) is 4.98 Å². The van der Waals surface area contributed by atoms with Crippen LogP contribution in [0.4, 0.5) is 5.69 Å². The summed E-state index contributed by atoms with van der Waals surface area (Å²) < 4.78 is 0. The highest BCUT2D eigenvalue weighted by Gasteiger charge is 2.30. The number of phenols is 1. The minimum atomic E-state index is -0.530. The van der Waals surface area contributed by atoms with Crippen LogP contribution in [0.25, 0.3) is 5.57 Å². The van der Waals surface area contributed by atoms with Crippen LogP contribution in [0.1, 0.15) is 42.4 Å². The third-order valence-corrected chi connectivity index (χ3v) is 5.58. The Bertz CT molecular complexity index is 1270. The highest BCUT2D eigenvalue weighted by atomic mass is 16.3. The van der Waals surface area contributed by atoms with E-state index < -0.39 is 5.92 Å². The predicted octanol–water partition coefficient (Wildman–Crippen LogP) is 2.79. The van der Waals surface area contributed by atoms with E-state index in [1.807, 2.05) is 30.5 Å². The third-order valence-electron chi connectivity index (χ3n) is 5.58. The molecule has 0 saturated heterocycles. The highest BCUT2D eigenvalue weighted by Crippen LogP contribution is 2.32. The number of hydrogen-bond donors (Lipinski definition) is 3. The molecule has 1 atom stereocenters. The summed E-state index contributed by atoms with van der Waals surface area (Å²) in [5.41, 5.74) is 6.23. The Labute approximate surface area is 167 Å². The lowest BCUT2D eigenvalue weighted by Crippen LogP contribution is -2.35. The maximum absolute atomic E-state index is 13.4. The molecule has 1 amide bonds. The van der Waals surface area contributed by atoms with Crippen LogP contribution in [0.5, 0.6) is 5.75 Å². The number of fused-ring (bicyclic) bond motifs is 2. The van der Waals surface area contributed by atoms with Crippen LogP contribution in [0.3, 0.4) is 0 Å². The van der Waals surface area contributed by atoms with E-state index in [9.17, 15) is 9.90 Å². The number of phenolic OH excluding ortho intramolecular Hbond substituents is 1. The Hall–Kier alpha value is -3.67. The molecule has 29 heavy (non-hydrogen) atoms. The fraction of sp³-hybridized carbons (Fsp3) is 0.174. The number of nitrogens with zero attached hydrogens (tertiary/aromatic N) is 2. The Balaban J connectivity index is 1.86. The van der Waals surface area contributed by atoms with Gasteiger partial charge < -0.3 is 15.4 Å². The summed E-state index contributed by atoms with van der Waals surface area (Å²) in [7, 11) is 0. The summed E-state index contributed by atoms with van der Waals surface area (Å²) in [4.78, 5) is 16.6. The molecule has 0 saturated carbocycles. The smallest absolute Gasteiger partial charge is 0.236 e. The monoisotopic (exact) mass is 384 g/mol. The van der Waals surface area contributed by atoms with Crippen LogP contribution in [-0.2, 0) is 4.79 Å². The normalized spacial score (nSPS) is 17.7. The Morgan fingerprint density at radius 3 is 2.69 bits per heavy atom. The van der Waals surface area contributed by atoms with Gasteiger partial charge in [-0.05, 0) is 41.3 Å². The van der Waals surface area contributed by atoms with Crippen molar-refractivity contribution in [2.75, 3.05) is 5.32 Å². The minimum Gasteiger partial charge on any atom is -0.508 e. The van der Waals surface area contributed by atoms with Gasteiger partial charge in [0, 0.05) is 34.8 Å². The van der Waals surface area contributed by atoms with Crippen molar-refractivity contribution >= 4 is 22.9 Å². The Morgan fingerprint density at radius 2 is 1.90 bits per heavy atom. The molecule has 2 aliphatic rings. The third kappa shape index (κ3) is 2.84. The zero-order valence-electron chi connectivity index (χ0n) is 15.9. The lowest BCUT2D eigenvalue weighted by Gasteiger charge is -2.23. The van der Waals surface area contributed by atoms with Crippen molar-refractivity contribution in [2.24, 2.45) is 10.2 Å². The van der Waals surface area contributed by atoms with Gasteiger partial charge in [0.15, 0.2) is 5.49 Å². The van der Waals surface area contributed by atoms with Gasteiger partial charge >= 0.3 is 0 Å². The van der Waals surface area contributed by atoms with Crippen LogP contribution in [0.15, 0.2) is 64.9 Å². The summed E-state index contributed by atoms with van der Waals surface area (Å²) in [6.45, 7) is 2.07. The molecule has 1 aromatic heterocycles. The number of aromatic hydroxyl groups is 1. The number of nitrogens with one attached hydrogen (secondary N) is 2. The standard InChI is InChI=1S/C23H20N4O2/c1-2-14-11-17-16-5-3-4-6-19(16)25-23(29)20(13-7-9-15(28)10-8-13)18-12-24-22(21(17)18)27-26-14/h3-10,12,20,28H,2,11H2,1H3,(H,24,27)(H,25,29). The maximum atomic E-state index is 13.4. The van der Waals surface area contributed by atoms with Crippen LogP contribution in [-0.4, -0.2) is 21.7 Å². The minimum absolute atomic E-state index is 0.120. The first-order valence-corrected chi connectivity index (χ1v) is 9.68. The zero-order chi connectivity index (χ0) is 20.0. The molecule has 0 bridgehead atoms. The fourth-order valence-electron chi connectivity index (χ4n) is 4.12. The van der Waals surface area contributed by atoms with E-state index in [0.29, 0.717) is 11.9 Å². The summed E-state index contributed by atoms with van der Waals surface area (Å²) >= 11 is 0. The molecule has 3 aromatic rings. The van der Waals surface area contributed by atoms with Gasteiger partial charge in [-0.1, -0.05) is 37.3 Å². The van der Waals surface area contributed by atoms with Crippen molar-refractivity contribution in [1.29, 1.82) is 0 Å². The van der Waals surface area contributed by atoms with E-state index in [2.05, 4.69) is 27.4 Å². The van der Waals surface area contributed by atoms with Crippen LogP contribution in [0.2, 0.25) is 0 Å². The molecule has 6 nitrogen and oxygen atoms in total. The molecule has 0 spiro atoms. The molecule has 3 heterocycles. The molecule has 0 aliphatic carbocycles. The number of H-pyrrole nitrogens is 1. The van der Waals surface area contributed by atoms with E-state index in [0.717, 1.165) is 45.3 Å². The number of aromatic nitrogens is 1. The van der Waals surface area contributed by atoms with Crippen molar-refractivity contribution in [3.05, 3.63) is 82.1 Å². The summed E-state index contributed by atoms with van der Waals surface area (Å²) in [5, 5.41) is 22.6. The van der Waals surface area contributed by atoms with Gasteiger partial charge in [0.2, 0.25) is 5.91 Å². The topological polar surface area (TPSA) is 89.8 Å². The second kappa shape index (κ2) is 6.74. The molecule has 1 unspecified atom stereocenters. The Morgan fingerprint density at radius 1 is 1.10 bits per heavy atom. The average molecular weight is 384 g/mol. The maximum Gasteiger partial charge on any atom is 0.236 e. The number of hydrogen-bond acceptors (Lipinski definition) is 4. The second-order valence-corrected chi connectivity index (χ2v) is 7.30. The van der Waals surface area contributed by atoms with Crippen molar-refractivity contribution in [2.45, 2.75) is 25.7 Å². The number of benzene rings is 2. The van der Waals surface area contributed by atoms with Crippen molar-refractivity contribution in [3.63, 3.8) is 0 Å². The quantitative estimate of drug-likeness (QED) is 0.634. The van der Waals surface area contributed by atoms with E-state index in [-0.39, 0.29) is 11.7 Å². The number of carbonyl (C=O) groups excluding carboxylic acids is 1. The summed E-state index contributed by atoms with van der Waals surface area (Å²) in [5.74, 6) is -0.483. The van der Waals surface area contributed by atoms with Crippen LogP contribution < -0.4 is 16.0 Å². The molecule has 0 radical (unpaired) electrons. The summed E-state index contributed by atoms with van der Waals surface area (Å²) in [6, 6.07) is 14.6. The lowest BCUT2D eigenvalue weighted by atomic mass is 9.86. The van der Waals surface area contributed by atoms with Gasteiger partial charge in [-0.25, -0.2) is 0 Å². The largest absolute Gasteiger partial charge is 0.508 e. The molecule has 5 rings (SSSR count). The van der Waals surface area contributed by atoms with Gasteiger partial charge in [0.1, 0.15) is 5.75 Å². The van der Waals surface area contributed by atoms with E-state index in [4.69, 9.17) is 0 Å². The lowest BCUT2D eigenvalue weighted by molar-refractivity contribution is -0.116. The number of rotatable bonds is 2. The predicted molar refractivity (Wildman–Crippen MR) is 111 cm³/mol. The summed E-state index contributed by atoms with van der Waals surface area (Å²) in [6.07, 6.45) is 3.33. The molecular weight excluding hydrogens is 364 g/mol. The number of aromatic amines is 1. The van der Waals surface area contributed by atoms with Crippen molar-refractivity contribution in [3.8, 4) is 5.75 Å². The number of anilines is 1. The van der Waals surface area contributed by atoms with E-state index in [1.165, 1.54) is 0 Å². The molecule has 144 valence electrons. The van der Waals surface area contributed by atoms with Crippen molar-refractivity contribution < 1.29 is 9.90 Å². The SMILES string of the molecule is CCC1=NN=c2[nH]cc3c2=C(C1)c1ccccc1NC(=O)C3c1ccc(O)cc1. The molecule has 3 N–H and O–H groups in total. The first-order valence-electron chi connectivity index (χ1n) is 9.68. The average Bonchev–Trinajstić information content (AvgIpc) is 3.03. The first kappa shape index (κ1) is 17.4. The molecule has 2 aliphatic heterocycles. The van der Waals surface area contributed by atoms with Gasteiger partial charge in [-0.3, -0.25) is 4.79 Å². The number of para-hydroxylation sites is 1. The van der Waals surface area contributed by atoms with Gasteiger partial charge in [-0.2, -0.15) is 5.10 Å². The fourth-order valence-corrected chi connectivity index (χ4v) is 4.12. The van der Waals surface area contributed by atoms with Gasteiger partial charge in [-0.15, -0.1) is 5.10 Å². The number of amides is 1. The molecular formula is C23H20N4O2. The van der Waals surface area contributed by atoms with E-state index >= 15 is 0 Å². The molecule has 0 fully saturated rings. The van der Waals surface area contributed by atoms with Gasteiger partial charge in [0.05, 0.1) is 5.92 Å². The molecule has 6 heteroatoms. The second-order valence-electron chi connectivity index (χ2n) is 7.30. The van der Waals surface area contributed by atoms with Gasteiger partial charge in [0.25, 0.3) is 0 Å². The number of carbonyl (C=O) groups is 1. The van der Waals surface area contributed by atoms with E-state index in [1.54, 1.807) is 24.3 Å². The molecule has 2 aromatic carbocycles. The van der Waals surface area contributed by atoms with Crippen LogP contribution >= 0.6 is 0 Å². The first-order chi connectivity index (χ1) is 14.2. The zero-order valence-corrected chi connectivity index (χ0v) is 15.9. The highest BCUT2D eigenvalue weighted by molar-refractivity contribution is 6.03. The Kier molecular flexibility index (Phi) is 4.05.